The number of nitrogens with zero attached hydrogens (tertiary/aromatic N) is 2. The first-order valence-electron chi connectivity index (χ1n) is 10.1. The van der Waals surface area contributed by atoms with E-state index in [-0.39, 0.29) is 23.5 Å². The van der Waals surface area contributed by atoms with Gasteiger partial charge in [0.2, 0.25) is 10.0 Å². The molecule has 0 spiro atoms. The number of sulfonamides is 1. The largest absolute Gasteiger partial charge is 0.369 e. The molecule has 0 aliphatic carbocycles. The van der Waals surface area contributed by atoms with Crippen molar-refractivity contribution in [3.63, 3.8) is 0 Å². The molecule has 0 bridgehead atoms. The van der Waals surface area contributed by atoms with Gasteiger partial charge in [-0.2, -0.15) is 4.31 Å². The number of piperazine rings is 1. The minimum Gasteiger partial charge on any atom is -0.369 e. The standard InChI is InChI=1S/C23H20F3N3O3S/c24-19-9-10-20(22(26)21(19)25)27-23(30)16-5-4-8-18(15-16)33(31,32)29-13-11-28(12-14-29)17-6-2-1-3-7-17/h1-10,15H,11-14H2,(H,27,30). The lowest BCUT2D eigenvalue weighted by atomic mass is 10.2. The Hall–Kier alpha value is -3.37. The van der Waals surface area contributed by atoms with Crippen LogP contribution in [0.25, 0.3) is 0 Å². The lowest BCUT2D eigenvalue weighted by Gasteiger charge is -2.35. The van der Waals surface area contributed by atoms with E-state index in [4.69, 9.17) is 0 Å². The summed E-state index contributed by atoms with van der Waals surface area (Å²) in [5.74, 6) is -5.49. The molecule has 1 aliphatic rings. The maximum absolute atomic E-state index is 13.9. The van der Waals surface area contributed by atoms with E-state index < -0.39 is 39.1 Å². The van der Waals surface area contributed by atoms with Crippen molar-refractivity contribution in [3.05, 3.63) is 89.7 Å². The van der Waals surface area contributed by atoms with Crippen molar-refractivity contribution in [2.45, 2.75) is 4.90 Å². The van der Waals surface area contributed by atoms with E-state index in [1.165, 1.54) is 28.6 Å². The van der Waals surface area contributed by atoms with Gasteiger partial charge in [0.05, 0.1) is 10.6 Å². The van der Waals surface area contributed by atoms with E-state index in [1.807, 2.05) is 30.3 Å². The Kier molecular flexibility index (Phi) is 6.39. The zero-order valence-corrected chi connectivity index (χ0v) is 18.2. The van der Waals surface area contributed by atoms with Gasteiger partial charge in [0.25, 0.3) is 5.91 Å². The zero-order valence-electron chi connectivity index (χ0n) is 17.3. The van der Waals surface area contributed by atoms with Crippen molar-refractivity contribution >= 4 is 27.3 Å². The highest BCUT2D eigenvalue weighted by Crippen LogP contribution is 2.23. The molecule has 3 aromatic rings. The first kappa shape index (κ1) is 22.8. The number of hydrogen-bond donors (Lipinski definition) is 1. The van der Waals surface area contributed by atoms with Gasteiger partial charge in [0.15, 0.2) is 17.5 Å². The average molecular weight is 475 g/mol. The third kappa shape index (κ3) is 4.71. The number of benzene rings is 3. The molecule has 0 aromatic heterocycles. The Morgan fingerprint density at radius 2 is 1.52 bits per heavy atom. The summed E-state index contributed by atoms with van der Waals surface area (Å²) in [4.78, 5) is 14.5. The maximum atomic E-state index is 13.9. The predicted molar refractivity (Wildman–Crippen MR) is 118 cm³/mol. The summed E-state index contributed by atoms with van der Waals surface area (Å²) in [6.45, 7) is 1.57. The smallest absolute Gasteiger partial charge is 0.255 e. The van der Waals surface area contributed by atoms with Crippen molar-refractivity contribution in [1.82, 2.24) is 4.31 Å². The molecule has 6 nitrogen and oxygen atoms in total. The number of hydrogen-bond acceptors (Lipinski definition) is 4. The van der Waals surface area contributed by atoms with E-state index in [0.29, 0.717) is 19.2 Å². The Morgan fingerprint density at radius 3 is 2.21 bits per heavy atom. The number of carbonyl (C=O) groups excluding carboxylic acids is 1. The molecule has 1 fully saturated rings. The van der Waals surface area contributed by atoms with Crippen molar-refractivity contribution < 1.29 is 26.4 Å². The van der Waals surface area contributed by atoms with Gasteiger partial charge in [-0.3, -0.25) is 4.79 Å². The van der Waals surface area contributed by atoms with Gasteiger partial charge in [-0.1, -0.05) is 24.3 Å². The highest BCUT2D eigenvalue weighted by molar-refractivity contribution is 7.89. The third-order valence-corrected chi connectivity index (χ3v) is 7.27. The van der Waals surface area contributed by atoms with E-state index in [2.05, 4.69) is 10.2 Å². The summed E-state index contributed by atoms with van der Waals surface area (Å²) in [7, 11) is -3.87. The molecule has 172 valence electrons. The molecule has 0 radical (unpaired) electrons. The molecule has 0 unspecified atom stereocenters. The second-order valence-electron chi connectivity index (χ2n) is 7.43. The minimum absolute atomic E-state index is 0.0665. The van der Waals surface area contributed by atoms with Crippen LogP contribution in [0.2, 0.25) is 0 Å². The SMILES string of the molecule is O=C(Nc1ccc(F)c(F)c1F)c1cccc(S(=O)(=O)N2CCN(c3ccccc3)CC2)c1. The van der Waals surface area contributed by atoms with Crippen LogP contribution >= 0.6 is 0 Å². The number of carbonyl (C=O) groups is 1. The van der Waals surface area contributed by atoms with Gasteiger partial charge < -0.3 is 10.2 Å². The second kappa shape index (κ2) is 9.24. The van der Waals surface area contributed by atoms with Crippen LogP contribution in [0.15, 0.2) is 71.6 Å². The number of para-hydroxylation sites is 1. The maximum Gasteiger partial charge on any atom is 0.255 e. The summed E-state index contributed by atoms with van der Waals surface area (Å²) in [5.41, 5.74) is 0.394. The molecule has 4 rings (SSSR count). The van der Waals surface area contributed by atoms with Crippen molar-refractivity contribution in [3.8, 4) is 0 Å². The molecule has 33 heavy (non-hydrogen) atoms. The van der Waals surface area contributed by atoms with Crippen LogP contribution in [0.4, 0.5) is 24.5 Å². The number of nitrogens with one attached hydrogen (secondary N) is 1. The van der Waals surface area contributed by atoms with Gasteiger partial charge in [-0.05, 0) is 42.5 Å². The van der Waals surface area contributed by atoms with Gasteiger partial charge >= 0.3 is 0 Å². The fourth-order valence-electron chi connectivity index (χ4n) is 3.59. The predicted octanol–water partition coefficient (Wildman–Crippen LogP) is 3.87. The quantitative estimate of drug-likeness (QED) is 0.569. The van der Waals surface area contributed by atoms with Crippen LogP contribution in [0, 0.1) is 17.5 Å². The topological polar surface area (TPSA) is 69.7 Å². The lowest BCUT2D eigenvalue weighted by Crippen LogP contribution is -2.48. The first-order chi connectivity index (χ1) is 15.8. The summed E-state index contributed by atoms with van der Waals surface area (Å²) in [5, 5.41) is 2.14. The molecule has 0 saturated carbocycles. The van der Waals surface area contributed by atoms with Gasteiger partial charge in [0.1, 0.15) is 0 Å². The van der Waals surface area contributed by atoms with Gasteiger partial charge in [-0.15, -0.1) is 0 Å². The summed E-state index contributed by atoms with van der Waals surface area (Å²) >= 11 is 0. The summed E-state index contributed by atoms with van der Waals surface area (Å²) in [6, 6.07) is 16.5. The number of anilines is 2. The van der Waals surface area contributed by atoms with Crippen molar-refractivity contribution in [1.29, 1.82) is 0 Å². The Bertz CT molecular complexity index is 1280. The van der Waals surface area contributed by atoms with E-state index in [0.717, 1.165) is 11.8 Å². The van der Waals surface area contributed by atoms with Crippen LogP contribution in [0.1, 0.15) is 10.4 Å². The highest BCUT2D eigenvalue weighted by Gasteiger charge is 2.29. The fourth-order valence-corrected chi connectivity index (χ4v) is 5.06. The third-order valence-electron chi connectivity index (χ3n) is 5.38. The second-order valence-corrected chi connectivity index (χ2v) is 9.37. The normalized spacial score (nSPS) is 14.8. The van der Waals surface area contributed by atoms with Gasteiger partial charge in [-0.25, -0.2) is 21.6 Å². The van der Waals surface area contributed by atoms with Crippen molar-refractivity contribution in [2.24, 2.45) is 0 Å². The number of rotatable bonds is 5. The Balaban J connectivity index is 1.49. The molecule has 1 amide bonds. The fraction of sp³-hybridized carbons (Fsp3) is 0.174. The molecule has 1 aliphatic heterocycles. The summed E-state index contributed by atoms with van der Waals surface area (Å²) < 4.78 is 68.0. The van der Waals surface area contributed by atoms with Crippen LogP contribution in [-0.2, 0) is 10.0 Å². The zero-order chi connectivity index (χ0) is 23.6. The Labute approximate surface area is 189 Å². The van der Waals surface area contributed by atoms with Crippen LogP contribution in [0.5, 0.6) is 0 Å². The highest BCUT2D eigenvalue weighted by atomic mass is 32.2. The molecular formula is C23H20F3N3O3S. The van der Waals surface area contributed by atoms with Crippen LogP contribution in [-0.4, -0.2) is 44.8 Å². The molecule has 3 aromatic carbocycles. The molecule has 0 atom stereocenters. The molecule has 1 heterocycles. The summed E-state index contributed by atoms with van der Waals surface area (Å²) in [6.07, 6.45) is 0. The Morgan fingerprint density at radius 1 is 0.818 bits per heavy atom. The van der Waals surface area contributed by atoms with E-state index in [9.17, 15) is 26.4 Å². The van der Waals surface area contributed by atoms with Crippen molar-refractivity contribution in [2.75, 3.05) is 36.4 Å². The first-order valence-corrected chi connectivity index (χ1v) is 11.6. The number of amides is 1. The van der Waals surface area contributed by atoms with E-state index >= 15 is 0 Å². The molecule has 10 heteroatoms. The minimum atomic E-state index is -3.87. The molecule has 1 N–H and O–H groups in total. The van der Waals surface area contributed by atoms with Gasteiger partial charge in [0, 0.05) is 37.4 Å². The number of halogens is 3. The average Bonchev–Trinajstić information content (AvgIpc) is 2.85. The lowest BCUT2D eigenvalue weighted by molar-refractivity contribution is 0.102. The van der Waals surface area contributed by atoms with Crippen LogP contribution in [0.3, 0.4) is 0 Å². The van der Waals surface area contributed by atoms with E-state index in [1.54, 1.807) is 0 Å². The molecular weight excluding hydrogens is 455 g/mol. The van der Waals surface area contributed by atoms with Crippen LogP contribution < -0.4 is 10.2 Å². The monoisotopic (exact) mass is 475 g/mol. The molecule has 1 saturated heterocycles.